The Morgan fingerprint density at radius 1 is 1.23 bits per heavy atom. The number of nitrogens with one attached hydrogen (secondary N) is 1. The van der Waals surface area contributed by atoms with E-state index < -0.39 is 11.4 Å². The van der Waals surface area contributed by atoms with E-state index in [9.17, 15) is 14.7 Å². The first kappa shape index (κ1) is 18.4. The minimum Gasteiger partial charge on any atom is -0.481 e. The number of rotatable bonds is 4. The second-order valence-electron chi connectivity index (χ2n) is 7.54. The lowest BCUT2D eigenvalue weighted by atomic mass is 9.82. The lowest BCUT2D eigenvalue weighted by molar-refractivity contribution is -0.150. The van der Waals surface area contributed by atoms with Crippen LogP contribution in [0.15, 0.2) is 6.07 Å². The van der Waals surface area contributed by atoms with Crippen molar-refractivity contribution in [2.24, 2.45) is 5.41 Å². The molecule has 1 aromatic rings. The predicted molar refractivity (Wildman–Crippen MR) is 97.0 cm³/mol. The van der Waals surface area contributed by atoms with Gasteiger partial charge < -0.3 is 20.2 Å². The fourth-order valence-electron chi connectivity index (χ4n) is 3.63. The third-order valence-corrected chi connectivity index (χ3v) is 5.21. The van der Waals surface area contributed by atoms with Gasteiger partial charge in [-0.2, -0.15) is 0 Å². The number of carbonyl (C=O) groups excluding carboxylic acids is 1. The molecule has 142 valence electrons. The number of hydrogen-bond acceptors (Lipinski definition) is 5. The number of nitrogens with zero attached hydrogens (tertiary/aromatic N) is 4. The summed E-state index contributed by atoms with van der Waals surface area (Å²) in [4.78, 5) is 36.8. The van der Waals surface area contributed by atoms with Crippen molar-refractivity contribution in [1.82, 2.24) is 20.2 Å². The van der Waals surface area contributed by atoms with E-state index in [2.05, 4.69) is 20.2 Å². The predicted octanol–water partition coefficient (Wildman–Crippen LogP) is 1.78. The van der Waals surface area contributed by atoms with Gasteiger partial charge in [0, 0.05) is 31.9 Å². The Labute approximate surface area is 153 Å². The van der Waals surface area contributed by atoms with Crippen LogP contribution in [0.3, 0.4) is 0 Å². The lowest BCUT2D eigenvalue weighted by Gasteiger charge is -2.37. The van der Waals surface area contributed by atoms with Gasteiger partial charge in [0.15, 0.2) is 0 Å². The largest absolute Gasteiger partial charge is 0.481 e. The maximum absolute atomic E-state index is 12.5. The van der Waals surface area contributed by atoms with E-state index in [0.29, 0.717) is 25.9 Å². The van der Waals surface area contributed by atoms with Crippen molar-refractivity contribution in [2.75, 3.05) is 31.1 Å². The zero-order valence-electron chi connectivity index (χ0n) is 15.5. The molecule has 0 radical (unpaired) electrons. The summed E-state index contributed by atoms with van der Waals surface area (Å²) in [6.45, 7) is 6.68. The van der Waals surface area contributed by atoms with E-state index in [4.69, 9.17) is 0 Å². The highest BCUT2D eigenvalue weighted by Crippen LogP contribution is 2.29. The number of urea groups is 1. The number of carboxylic acid groups (broad SMARTS) is 1. The standard InChI is InChI=1S/C18H27N5O3/c1-13-10-14(21-16(20-13)22-7-3-4-8-22)11-19-17(26)23-9-5-6-18(2,12-23)15(24)25/h10H,3-9,11-12H2,1-2H3,(H,19,26)(H,24,25). The molecular formula is C18H27N5O3. The van der Waals surface area contributed by atoms with E-state index in [1.54, 1.807) is 11.8 Å². The molecule has 0 aliphatic carbocycles. The number of anilines is 1. The van der Waals surface area contributed by atoms with Crippen LogP contribution >= 0.6 is 0 Å². The van der Waals surface area contributed by atoms with Gasteiger partial charge in [-0.05, 0) is 45.6 Å². The molecule has 2 aliphatic heterocycles. The van der Waals surface area contributed by atoms with Crippen molar-refractivity contribution in [3.8, 4) is 0 Å². The smallest absolute Gasteiger partial charge is 0.317 e. The molecule has 1 atom stereocenters. The van der Waals surface area contributed by atoms with Crippen LogP contribution in [0.5, 0.6) is 0 Å². The number of piperidine rings is 1. The van der Waals surface area contributed by atoms with Crippen molar-refractivity contribution < 1.29 is 14.7 Å². The minimum atomic E-state index is -0.871. The lowest BCUT2D eigenvalue weighted by Crippen LogP contribution is -2.51. The van der Waals surface area contributed by atoms with Crippen LogP contribution in [0.1, 0.15) is 44.0 Å². The Morgan fingerprint density at radius 3 is 2.65 bits per heavy atom. The molecule has 3 heterocycles. The fraction of sp³-hybridized carbons (Fsp3) is 0.667. The molecule has 26 heavy (non-hydrogen) atoms. The Kier molecular flexibility index (Phi) is 5.29. The molecule has 0 bridgehead atoms. The fourth-order valence-corrected chi connectivity index (χ4v) is 3.63. The van der Waals surface area contributed by atoms with Gasteiger partial charge in [0.2, 0.25) is 5.95 Å². The summed E-state index contributed by atoms with van der Waals surface area (Å²) in [6.07, 6.45) is 3.60. The Hall–Kier alpha value is -2.38. The van der Waals surface area contributed by atoms with Crippen LogP contribution in [-0.4, -0.2) is 58.2 Å². The second-order valence-corrected chi connectivity index (χ2v) is 7.54. The molecular weight excluding hydrogens is 334 g/mol. The molecule has 2 N–H and O–H groups in total. The maximum atomic E-state index is 12.5. The van der Waals surface area contributed by atoms with Gasteiger partial charge in [-0.1, -0.05) is 0 Å². The molecule has 2 saturated heterocycles. The van der Waals surface area contributed by atoms with Gasteiger partial charge in [0.05, 0.1) is 17.7 Å². The van der Waals surface area contributed by atoms with E-state index >= 15 is 0 Å². The molecule has 1 unspecified atom stereocenters. The molecule has 2 fully saturated rings. The van der Waals surface area contributed by atoms with Crippen molar-refractivity contribution >= 4 is 17.9 Å². The summed E-state index contributed by atoms with van der Waals surface area (Å²) < 4.78 is 0. The van der Waals surface area contributed by atoms with Crippen LogP contribution in [0.25, 0.3) is 0 Å². The number of hydrogen-bond donors (Lipinski definition) is 2. The minimum absolute atomic E-state index is 0.232. The number of aryl methyl sites for hydroxylation is 1. The summed E-state index contributed by atoms with van der Waals surface area (Å²) in [6, 6.07) is 1.63. The van der Waals surface area contributed by atoms with Crippen LogP contribution in [0.4, 0.5) is 10.7 Å². The van der Waals surface area contributed by atoms with Crippen molar-refractivity contribution in [1.29, 1.82) is 0 Å². The van der Waals surface area contributed by atoms with Gasteiger partial charge in [-0.3, -0.25) is 4.79 Å². The number of aromatic nitrogens is 2. The second kappa shape index (κ2) is 7.47. The average Bonchev–Trinajstić information content (AvgIpc) is 3.14. The average molecular weight is 361 g/mol. The van der Waals surface area contributed by atoms with Gasteiger partial charge in [-0.15, -0.1) is 0 Å². The first-order chi connectivity index (χ1) is 12.4. The summed E-state index contributed by atoms with van der Waals surface area (Å²) in [5, 5.41) is 12.3. The summed E-state index contributed by atoms with van der Waals surface area (Å²) in [7, 11) is 0. The summed E-state index contributed by atoms with van der Waals surface area (Å²) in [5.41, 5.74) is 0.776. The molecule has 1 aromatic heterocycles. The molecule has 8 nitrogen and oxygen atoms in total. The number of carbonyl (C=O) groups is 2. The first-order valence-corrected chi connectivity index (χ1v) is 9.23. The molecule has 2 amide bonds. The molecule has 0 saturated carbocycles. The number of likely N-dealkylation sites (tertiary alicyclic amines) is 1. The number of aliphatic carboxylic acids is 1. The number of amides is 2. The van der Waals surface area contributed by atoms with E-state index in [1.807, 2.05) is 13.0 Å². The van der Waals surface area contributed by atoms with Crippen molar-refractivity contribution in [3.63, 3.8) is 0 Å². The highest BCUT2D eigenvalue weighted by molar-refractivity contribution is 5.78. The Bertz CT molecular complexity index is 689. The van der Waals surface area contributed by atoms with Gasteiger partial charge >= 0.3 is 12.0 Å². The van der Waals surface area contributed by atoms with E-state index in [-0.39, 0.29) is 12.6 Å². The monoisotopic (exact) mass is 361 g/mol. The molecule has 0 aromatic carbocycles. The normalized spacial score (nSPS) is 23.2. The van der Waals surface area contributed by atoms with Crippen molar-refractivity contribution in [2.45, 2.75) is 46.1 Å². The summed E-state index contributed by atoms with van der Waals surface area (Å²) >= 11 is 0. The molecule has 8 heteroatoms. The van der Waals surface area contributed by atoms with Gasteiger partial charge in [0.1, 0.15) is 0 Å². The third kappa shape index (κ3) is 4.05. The maximum Gasteiger partial charge on any atom is 0.317 e. The topological polar surface area (TPSA) is 98.7 Å². The Morgan fingerprint density at radius 2 is 1.96 bits per heavy atom. The zero-order valence-corrected chi connectivity index (χ0v) is 15.5. The van der Waals surface area contributed by atoms with Crippen molar-refractivity contribution in [3.05, 3.63) is 17.5 Å². The highest BCUT2D eigenvalue weighted by Gasteiger charge is 2.39. The molecule has 2 aliphatic rings. The SMILES string of the molecule is Cc1cc(CNC(=O)N2CCCC(C)(C(=O)O)C2)nc(N2CCCC2)n1. The quantitative estimate of drug-likeness (QED) is 0.848. The van der Waals surface area contributed by atoms with E-state index in [0.717, 1.165) is 43.3 Å². The zero-order chi connectivity index (χ0) is 18.7. The van der Waals surface area contributed by atoms with Crippen LogP contribution < -0.4 is 10.2 Å². The van der Waals surface area contributed by atoms with Crippen LogP contribution in [-0.2, 0) is 11.3 Å². The summed E-state index contributed by atoms with van der Waals surface area (Å²) in [5.74, 6) is -0.125. The third-order valence-electron chi connectivity index (χ3n) is 5.21. The molecule has 3 rings (SSSR count). The van der Waals surface area contributed by atoms with Gasteiger partial charge in [-0.25, -0.2) is 14.8 Å². The van der Waals surface area contributed by atoms with E-state index in [1.165, 1.54) is 0 Å². The highest BCUT2D eigenvalue weighted by atomic mass is 16.4. The number of carboxylic acids is 1. The van der Waals surface area contributed by atoms with Gasteiger partial charge in [0.25, 0.3) is 0 Å². The Balaban J connectivity index is 1.61. The first-order valence-electron chi connectivity index (χ1n) is 9.23. The van der Waals surface area contributed by atoms with Crippen LogP contribution in [0, 0.1) is 12.3 Å². The van der Waals surface area contributed by atoms with Crippen LogP contribution in [0.2, 0.25) is 0 Å². The molecule has 0 spiro atoms.